The molecule has 2 aromatic rings. The summed E-state index contributed by atoms with van der Waals surface area (Å²) in [5.74, 6) is -0.310. The van der Waals surface area contributed by atoms with E-state index in [1.54, 1.807) is 0 Å². The summed E-state index contributed by atoms with van der Waals surface area (Å²) in [7, 11) is 0. The summed E-state index contributed by atoms with van der Waals surface area (Å²) in [5, 5.41) is 2.76. The maximum absolute atomic E-state index is 13.3. The van der Waals surface area contributed by atoms with Crippen molar-refractivity contribution in [2.24, 2.45) is 0 Å². The van der Waals surface area contributed by atoms with Gasteiger partial charge in [-0.2, -0.15) is 26.3 Å². The molecule has 4 rings (SSSR count). The van der Waals surface area contributed by atoms with Crippen LogP contribution in [0.25, 0.3) is 0 Å². The summed E-state index contributed by atoms with van der Waals surface area (Å²) in [6.45, 7) is 3.61. The van der Waals surface area contributed by atoms with Gasteiger partial charge < -0.3 is 10.2 Å². The first-order valence-corrected chi connectivity index (χ1v) is 13.1. The molecule has 0 spiro atoms. The lowest BCUT2D eigenvalue weighted by Crippen LogP contribution is -2.50. The molecule has 0 aliphatic carbocycles. The largest absolute Gasteiger partial charge is 0.416 e. The third-order valence-corrected chi connectivity index (χ3v) is 7.50. The van der Waals surface area contributed by atoms with Gasteiger partial charge >= 0.3 is 12.4 Å². The van der Waals surface area contributed by atoms with Crippen LogP contribution in [0.2, 0.25) is 0 Å². The lowest BCUT2D eigenvalue weighted by Gasteiger charge is -2.42. The first-order chi connectivity index (χ1) is 18.0. The van der Waals surface area contributed by atoms with Crippen LogP contribution < -0.4 is 5.32 Å². The van der Waals surface area contributed by atoms with Crippen molar-refractivity contribution in [2.75, 3.05) is 32.7 Å². The average molecular weight is 617 g/mol. The van der Waals surface area contributed by atoms with E-state index >= 15 is 0 Å². The Balaban J connectivity index is 0.00000280. The number of nitrogens with one attached hydrogen (secondary N) is 1. The van der Waals surface area contributed by atoms with Crippen molar-refractivity contribution in [1.82, 2.24) is 15.1 Å². The van der Waals surface area contributed by atoms with Crippen LogP contribution in [0.4, 0.5) is 26.3 Å². The Kier molecular flexibility index (Phi) is 12.6. The lowest BCUT2D eigenvalue weighted by atomic mass is 9.96. The minimum Gasteiger partial charge on any atom is -0.354 e. The van der Waals surface area contributed by atoms with Crippen LogP contribution in [-0.4, -0.2) is 54.5 Å². The molecule has 0 bridgehead atoms. The van der Waals surface area contributed by atoms with Gasteiger partial charge in [0.2, 0.25) is 5.91 Å². The zero-order chi connectivity index (χ0) is 27.3. The van der Waals surface area contributed by atoms with Crippen LogP contribution in [0.5, 0.6) is 0 Å². The Hall–Kier alpha value is -2.01. The minimum absolute atomic E-state index is 0. The van der Waals surface area contributed by atoms with Gasteiger partial charge in [-0.3, -0.25) is 9.69 Å². The molecule has 2 aliphatic heterocycles. The van der Waals surface area contributed by atoms with E-state index in [0.717, 1.165) is 44.6 Å². The van der Waals surface area contributed by atoms with Crippen molar-refractivity contribution in [3.63, 3.8) is 0 Å². The van der Waals surface area contributed by atoms with Crippen LogP contribution in [0, 0.1) is 0 Å². The van der Waals surface area contributed by atoms with Crippen LogP contribution >= 0.6 is 24.8 Å². The first-order valence-electron chi connectivity index (χ1n) is 13.1. The van der Waals surface area contributed by atoms with Gasteiger partial charge in [0.05, 0.1) is 11.1 Å². The van der Waals surface area contributed by atoms with E-state index in [1.807, 2.05) is 30.3 Å². The van der Waals surface area contributed by atoms with E-state index in [1.165, 1.54) is 19.3 Å². The average Bonchev–Trinajstić information content (AvgIpc) is 2.89. The molecule has 2 heterocycles. The molecule has 2 fully saturated rings. The van der Waals surface area contributed by atoms with Gasteiger partial charge in [-0.1, -0.05) is 36.8 Å². The summed E-state index contributed by atoms with van der Waals surface area (Å²) >= 11 is 0. The fourth-order valence-electron chi connectivity index (χ4n) is 5.55. The van der Waals surface area contributed by atoms with E-state index in [-0.39, 0.29) is 56.7 Å². The van der Waals surface area contributed by atoms with Crippen molar-refractivity contribution < 1.29 is 32.6 Å². The molecular weight excluding hydrogens is 579 g/mol. The first kappa shape index (κ1) is 34.2. The molecule has 1 amide bonds. The third kappa shape index (κ3) is 8.99. The van der Waals surface area contributed by atoms with Crippen molar-refractivity contribution in [2.45, 2.75) is 63.0 Å². The summed E-state index contributed by atoms with van der Waals surface area (Å²) in [6.07, 6.45) is -4.38. The Morgan fingerprint density at radius 3 is 1.93 bits per heavy atom. The summed E-state index contributed by atoms with van der Waals surface area (Å²) in [6, 6.07) is 10.7. The monoisotopic (exact) mass is 615 g/mol. The second kappa shape index (κ2) is 14.8. The predicted molar refractivity (Wildman–Crippen MR) is 149 cm³/mol. The Morgan fingerprint density at radius 1 is 0.850 bits per heavy atom. The molecule has 1 N–H and O–H groups in total. The standard InChI is InChI=1S/C28H33F6N3O.2ClH.H2/c29-27(30,31)22-17-20(18-23(19-22)28(32,33)34)9-12-35-26(38)25(21-7-3-1-4-8-21)37-15-10-24(11-16-37)36-13-5-2-6-14-36;;;/h1,3-4,7-8,17-19,24-25H,2,5-6,9-16H2,(H,35,38);3*1H. The number of carbonyl (C=O) groups is 1. The van der Waals surface area contributed by atoms with Gasteiger partial charge in [-0.25, -0.2) is 0 Å². The highest BCUT2D eigenvalue weighted by molar-refractivity contribution is 5.85. The van der Waals surface area contributed by atoms with Crippen molar-refractivity contribution >= 4 is 30.7 Å². The Bertz CT molecular complexity index is 1040. The van der Waals surface area contributed by atoms with E-state index in [2.05, 4.69) is 15.1 Å². The fourth-order valence-corrected chi connectivity index (χ4v) is 5.55. The number of likely N-dealkylation sites (tertiary alicyclic amines) is 2. The normalized spacial score (nSPS) is 18.4. The molecule has 12 heteroatoms. The van der Waals surface area contributed by atoms with Gasteiger partial charge in [0.25, 0.3) is 0 Å². The molecule has 2 saturated heterocycles. The number of alkyl halides is 6. The lowest BCUT2D eigenvalue weighted by molar-refractivity contribution is -0.143. The quantitative estimate of drug-likeness (QED) is 0.336. The number of benzene rings is 2. The molecule has 0 radical (unpaired) electrons. The zero-order valence-electron chi connectivity index (χ0n) is 21.9. The van der Waals surface area contributed by atoms with Gasteiger partial charge in [-0.15, -0.1) is 24.8 Å². The third-order valence-electron chi connectivity index (χ3n) is 7.50. The highest BCUT2D eigenvalue weighted by atomic mass is 35.5. The molecule has 40 heavy (non-hydrogen) atoms. The van der Waals surface area contributed by atoms with Crippen molar-refractivity contribution in [3.8, 4) is 0 Å². The van der Waals surface area contributed by atoms with E-state index in [4.69, 9.17) is 0 Å². The maximum atomic E-state index is 13.3. The molecule has 4 nitrogen and oxygen atoms in total. The molecule has 1 unspecified atom stereocenters. The number of halogens is 8. The second-order valence-electron chi connectivity index (χ2n) is 10.1. The number of nitrogens with zero attached hydrogens (tertiary/aromatic N) is 2. The zero-order valence-corrected chi connectivity index (χ0v) is 23.6. The maximum Gasteiger partial charge on any atom is 0.416 e. The van der Waals surface area contributed by atoms with Crippen LogP contribution in [0.1, 0.15) is 61.8 Å². The second-order valence-corrected chi connectivity index (χ2v) is 10.1. The van der Waals surface area contributed by atoms with Gasteiger partial charge in [-0.05, 0) is 74.5 Å². The molecule has 2 aromatic carbocycles. The Morgan fingerprint density at radius 2 is 1.40 bits per heavy atom. The SMILES string of the molecule is Cl.Cl.O=C(NCCc1cc(C(F)(F)F)cc(C(F)(F)F)c1)C(c1ccccc1)N1CCC(N2CCCCC2)CC1.[HH]. The van der Waals surface area contributed by atoms with Crippen molar-refractivity contribution in [3.05, 3.63) is 70.8 Å². The van der Waals surface area contributed by atoms with E-state index in [0.29, 0.717) is 18.2 Å². The summed E-state index contributed by atoms with van der Waals surface area (Å²) < 4.78 is 79.1. The predicted octanol–water partition coefficient (Wildman–Crippen LogP) is 7.16. The van der Waals surface area contributed by atoms with Gasteiger partial charge in [0.15, 0.2) is 0 Å². The fraction of sp³-hybridized carbons (Fsp3) is 0.536. The van der Waals surface area contributed by atoms with Crippen molar-refractivity contribution in [1.29, 1.82) is 0 Å². The van der Waals surface area contributed by atoms with E-state index < -0.39 is 29.5 Å². The highest BCUT2D eigenvalue weighted by Gasteiger charge is 2.37. The number of carbonyl (C=O) groups excluding carboxylic acids is 1. The summed E-state index contributed by atoms with van der Waals surface area (Å²) in [5.41, 5.74) is -2.04. The number of hydrogen-bond donors (Lipinski definition) is 1. The summed E-state index contributed by atoms with van der Waals surface area (Å²) in [4.78, 5) is 18.0. The topological polar surface area (TPSA) is 35.6 Å². The van der Waals surface area contributed by atoms with Crippen LogP contribution in [0.15, 0.2) is 48.5 Å². The Labute approximate surface area is 244 Å². The van der Waals surface area contributed by atoms with Crippen LogP contribution in [0.3, 0.4) is 0 Å². The molecule has 1 atom stereocenters. The highest BCUT2D eigenvalue weighted by Crippen LogP contribution is 2.36. The number of piperidine rings is 2. The number of amides is 1. The smallest absolute Gasteiger partial charge is 0.354 e. The number of rotatable bonds is 7. The van der Waals surface area contributed by atoms with Gasteiger partial charge in [0, 0.05) is 27.1 Å². The van der Waals surface area contributed by atoms with Gasteiger partial charge in [0.1, 0.15) is 6.04 Å². The van der Waals surface area contributed by atoms with Crippen LogP contribution in [-0.2, 0) is 23.6 Å². The van der Waals surface area contributed by atoms with E-state index in [9.17, 15) is 31.1 Å². The molecule has 2 aliphatic rings. The molecule has 226 valence electrons. The molecule has 0 aromatic heterocycles. The molecular formula is C28H37Cl2F6N3O. The molecule has 0 saturated carbocycles. The minimum atomic E-state index is -4.90. The number of hydrogen-bond acceptors (Lipinski definition) is 3.